The smallest absolute Gasteiger partial charge is 0.195 e. The van der Waals surface area contributed by atoms with Gasteiger partial charge >= 0.3 is 0 Å². The summed E-state index contributed by atoms with van der Waals surface area (Å²) in [5, 5.41) is 0.926. The van der Waals surface area contributed by atoms with E-state index in [0.29, 0.717) is 12.2 Å². The Morgan fingerprint density at radius 3 is 2.61 bits per heavy atom. The molecule has 0 aliphatic carbocycles. The van der Waals surface area contributed by atoms with Crippen molar-refractivity contribution in [3.05, 3.63) is 59.3 Å². The molecule has 2 aliphatic heterocycles. The summed E-state index contributed by atoms with van der Waals surface area (Å²) >= 11 is -1.07. The molecule has 0 radical (unpaired) electrons. The molecule has 162 valence electrons. The van der Waals surface area contributed by atoms with E-state index in [1.165, 1.54) is 0 Å². The molecular formula is C24H26N2O4S. The Kier molecular flexibility index (Phi) is 5.52. The van der Waals surface area contributed by atoms with E-state index in [4.69, 9.17) is 9.47 Å². The summed E-state index contributed by atoms with van der Waals surface area (Å²) in [5.41, 5.74) is 3.29. The molecular weight excluding hydrogens is 412 g/mol. The molecule has 2 unspecified atom stereocenters. The summed E-state index contributed by atoms with van der Waals surface area (Å²) in [6, 6.07) is 13.2. The Hall–Kier alpha value is -2.32. The molecule has 1 fully saturated rings. The minimum Gasteiger partial charge on any atom is -0.612 e. The zero-order valence-electron chi connectivity index (χ0n) is 17.8. The molecule has 2 aliphatic rings. The van der Waals surface area contributed by atoms with Crippen LogP contribution in [0.15, 0.2) is 47.4 Å². The van der Waals surface area contributed by atoms with Gasteiger partial charge in [-0.05, 0) is 48.4 Å². The van der Waals surface area contributed by atoms with Gasteiger partial charge in [0.15, 0.2) is 10.7 Å². The van der Waals surface area contributed by atoms with E-state index in [0.717, 1.165) is 65.7 Å². The molecule has 1 saturated heterocycles. The monoisotopic (exact) mass is 438 g/mol. The number of carbonyl (C=O) groups excluding carboxylic acids is 1. The highest BCUT2D eigenvalue weighted by molar-refractivity contribution is 7.90. The van der Waals surface area contributed by atoms with Gasteiger partial charge in [0, 0.05) is 36.3 Å². The lowest BCUT2D eigenvalue weighted by molar-refractivity contribution is 0.0272. The van der Waals surface area contributed by atoms with Gasteiger partial charge in [0.25, 0.3) is 0 Å². The van der Waals surface area contributed by atoms with Gasteiger partial charge in [0.2, 0.25) is 0 Å². The number of hydrogen-bond acceptors (Lipinski definition) is 5. The molecule has 2 aromatic carbocycles. The van der Waals surface area contributed by atoms with Gasteiger partial charge in [0.05, 0.1) is 30.3 Å². The van der Waals surface area contributed by atoms with Gasteiger partial charge in [-0.15, -0.1) is 0 Å². The van der Waals surface area contributed by atoms with Crippen LogP contribution in [0.25, 0.3) is 10.9 Å². The van der Waals surface area contributed by atoms with Crippen LogP contribution in [-0.4, -0.2) is 65.5 Å². The quantitative estimate of drug-likeness (QED) is 0.452. The van der Waals surface area contributed by atoms with E-state index in [9.17, 15) is 9.35 Å². The van der Waals surface area contributed by atoms with Crippen LogP contribution in [0.5, 0.6) is 5.75 Å². The topological polar surface area (TPSA) is 66.8 Å². The fourth-order valence-corrected chi connectivity index (χ4v) is 5.25. The number of benzene rings is 2. The number of carbonyl (C=O) groups is 1. The maximum absolute atomic E-state index is 13.6. The van der Waals surface area contributed by atoms with E-state index in [2.05, 4.69) is 9.47 Å². The predicted molar refractivity (Wildman–Crippen MR) is 121 cm³/mol. The number of ketones is 1. The lowest BCUT2D eigenvalue weighted by Gasteiger charge is -2.34. The number of aromatic nitrogens is 1. The molecule has 0 N–H and O–H groups in total. The molecule has 5 rings (SSSR count). The Morgan fingerprint density at radius 1 is 1.16 bits per heavy atom. The lowest BCUT2D eigenvalue weighted by atomic mass is 10.0. The number of morpholine rings is 1. The molecule has 0 spiro atoms. The number of nitrogens with zero attached hydrogens (tertiary/aromatic N) is 2. The van der Waals surface area contributed by atoms with Gasteiger partial charge in [-0.3, -0.25) is 9.69 Å². The summed E-state index contributed by atoms with van der Waals surface area (Å²) < 4.78 is 25.6. The summed E-state index contributed by atoms with van der Waals surface area (Å²) in [7, 11) is 0. The zero-order chi connectivity index (χ0) is 21.5. The standard InChI is InChI=1S/C24H26N2O4S/c1-16-22(24(27)17-6-8-19(9-7-17)31(2)28)20-4-3-5-21-23(20)26(16)18(15-30-21)14-25-10-12-29-13-11-25/h3-9,18H,10-15H2,1-2H3. The first-order valence-corrected chi connectivity index (χ1v) is 12.1. The summed E-state index contributed by atoms with van der Waals surface area (Å²) in [6.07, 6.45) is 1.64. The fraction of sp³-hybridized carbons (Fsp3) is 0.375. The highest BCUT2D eigenvalue weighted by Crippen LogP contribution is 2.39. The summed E-state index contributed by atoms with van der Waals surface area (Å²) in [6.45, 7) is 6.83. The zero-order valence-corrected chi connectivity index (χ0v) is 18.6. The van der Waals surface area contributed by atoms with Crippen LogP contribution in [0, 0.1) is 6.92 Å². The van der Waals surface area contributed by atoms with Gasteiger partial charge < -0.3 is 18.6 Å². The van der Waals surface area contributed by atoms with Crippen molar-refractivity contribution in [1.29, 1.82) is 0 Å². The highest BCUT2D eigenvalue weighted by atomic mass is 32.2. The maximum Gasteiger partial charge on any atom is 0.195 e. The van der Waals surface area contributed by atoms with Crippen molar-refractivity contribution < 1.29 is 18.8 Å². The van der Waals surface area contributed by atoms with Crippen molar-refractivity contribution in [3.8, 4) is 5.75 Å². The van der Waals surface area contributed by atoms with Crippen LogP contribution in [0.3, 0.4) is 0 Å². The second-order valence-electron chi connectivity index (χ2n) is 8.17. The lowest BCUT2D eigenvalue weighted by Crippen LogP contribution is -2.42. The Balaban J connectivity index is 1.56. The second-order valence-corrected chi connectivity index (χ2v) is 9.55. The summed E-state index contributed by atoms with van der Waals surface area (Å²) in [4.78, 5) is 16.7. The average Bonchev–Trinajstić information content (AvgIpc) is 3.09. The van der Waals surface area contributed by atoms with Crippen LogP contribution in [0.2, 0.25) is 0 Å². The molecule has 0 amide bonds. The minimum absolute atomic E-state index is 0.0149. The fourth-order valence-electron chi connectivity index (χ4n) is 4.73. The first kappa shape index (κ1) is 20.6. The minimum atomic E-state index is -1.07. The second kappa shape index (κ2) is 8.31. The molecule has 0 bridgehead atoms. The Morgan fingerprint density at radius 2 is 1.90 bits per heavy atom. The molecule has 0 saturated carbocycles. The molecule has 31 heavy (non-hydrogen) atoms. The maximum atomic E-state index is 13.6. The largest absolute Gasteiger partial charge is 0.612 e. The van der Waals surface area contributed by atoms with Crippen LogP contribution in [0.4, 0.5) is 0 Å². The van der Waals surface area contributed by atoms with Crippen molar-refractivity contribution in [2.75, 3.05) is 45.7 Å². The van der Waals surface area contributed by atoms with Crippen molar-refractivity contribution in [3.63, 3.8) is 0 Å². The summed E-state index contributed by atoms with van der Waals surface area (Å²) in [5.74, 6) is 0.813. The highest BCUT2D eigenvalue weighted by Gasteiger charge is 2.31. The van der Waals surface area contributed by atoms with Crippen molar-refractivity contribution >= 4 is 27.9 Å². The van der Waals surface area contributed by atoms with Crippen LogP contribution >= 0.6 is 0 Å². The Bertz CT molecular complexity index is 1120. The molecule has 7 heteroatoms. The van der Waals surface area contributed by atoms with Crippen LogP contribution < -0.4 is 4.74 Å². The van der Waals surface area contributed by atoms with Crippen molar-refractivity contribution in [2.24, 2.45) is 0 Å². The molecule has 2 atom stereocenters. The predicted octanol–water partition coefficient (Wildman–Crippen LogP) is 3.18. The van der Waals surface area contributed by atoms with Gasteiger partial charge in [-0.2, -0.15) is 0 Å². The van der Waals surface area contributed by atoms with E-state index in [1.807, 2.05) is 25.1 Å². The number of ether oxygens (including phenoxy) is 2. The Labute approximate surface area is 184 Å². The molecule has 3 heterocycles. The van der Waals surface area contributed by atoms with Crippen molar-refractivity contribution in [1.82, 2.24) is 9.47 Å². The van der Waals surface area contributed by atoms with E-state index in [1.54, 1.807) is 30.5 Å². The van der Waals surface area contributed by atoms with Crippen LogP contribution in [-0.2, 0) is 15.9 Å². The van der Waals surface area contributed by atoms with E-state index in [-0.39, 0.29) is 11.8 Å². The van der Waals surface area contributed by atoms with Gasteiger partial charge in [0.1, 0.15) is 18.6 Å². The van der Waals surface area contributed by atoms with E-state index >= 15 is 0 Å². The van der Waals surface area contributed by atoms with Crippen molar-refractivity contribution in [2.45, 2.75) is 17.9 Å². The normalized spacial score (nSPS) is 19.9. The SMILES string of the molecule is Cc1c(C(=O)c2ccc([S+](C)[O-])cc2)c2cccc3c2n1C(CN1CCOCC1)CO3. The third-order valence-electron chi connectivity index (χ3n) is 6.28. The molecule has 3 aromatic rings. The first-order valence-electron chi connectivity index (χ1n) is 10.6. The third kappa shape index (κ3) is 3.65. The third-order valence-corrected chi connectivity index (χ3v) is 7.21. The number of para-hydroxylation sites is 1. The number of rotatable bonds is 5. The molecule has 1 aromatic heterocycles. The first-order chi connectivity index (χ1) is 15.0. The van der Waals surface area contributed by atoms with Gasteiger partial charge in [-0.1, -0.05) is 12.1 Å². The molecule has 6 nitrogen and oxygen atoms in total. The van der Waals surface area contributed by atoms with Gasteiger partial charge in [-0.25, -0.2) is 0 Å². The van der Waals surface area contributed by atoms with Crippen LogP contribution in [0.1, 0.15) is 27.7 Å². The average molecular weight is 439 g/mol. The van der Waals surface area contributed by atoms with E-state index < -0.39 is 11.2 Å². The number of hydrogen-bond donors (Lipinski definition) is 0.